The number of aromatic nitrogens is 2. The first kappa shape index (κ1) is 24.1. The number of benzene rings is 1. The van der Waals surface area contributed by atoms with Gasteiger partial charge >= 0.3 is 0 Å². The van der Waals surface area contributed by atoms with Crippen LogP contribution >= 0.6 is 35.0 Å². The molecular weight excluding hydrogens is 473 g/mol. The van der Waals surface area contributed by atoms with Gasteiger partial charge in [0.15, 0.2) is 0 Å². The van der Waals surface area contributed by atoms with Crippen LogP contribution in [0.25, 0.3) is 0 Å². The molecule has 1 aromatic carbocycles. The second-order valence-corrected chi connectivity index (χ2v) is 11.4. The Labute approximate surface area is 198 Å². The second kappa shape index (κ2) is 9.96. The first-order chi connectivity index (χ1) is 14.5. The maximum absolute atomic E-state index is 11.8. The number of hydrogen-bond acceptors (Lipinski definition) is 4. The summed E-state index contributed by atoms with van der Waals surface area (Å²) >= 11 is 14.1. The van der Waals surface area contributed by atoms with Crippen LogP contribution in [0.2, 0.25) is 10.0 Å². The van der Waals surface area contributed by atoms with Crippen molar-refractivity contribution in [2.45, 2.75) is 49.7 Å². The van der Waals surface area contributed by atoms with Crippen LogP contribution < -0.4 is 4.72 Å². The smallest absolute Gasteiger partial charge is 0.209 e. The van der Waals surface area contributed by atoms with Crippen molar-refractivity contribution in [2.24, 2.45) is 0 Å². The zero-order valence-corrected chi connectivity index (χ0v) is 21.0. The molecule has 0 spiro atoms. The molecule has 9 heteroatoms. The first-order valence-corrected chi connectivity index (χ1v) is 13.2. The van der Waals surface area contributed by atoms with Crippen LogP contribution in [0.5, 0.6) is 0 Å². The number of sulfonamides is 1. The number of pyridine rings is 1. The largest absolute Gasteiger partial charge is 0.335 e. The molecule has 0 unspecified atom stereocenters. The quantitative estimate of drug-likeness (QED) is 0.422. The zero-order valence-electron chi connectivity index (χ0n) is 17.8. The number of hydrogen-bond donors (Lipinski definition) is 1. The van der Waals surface area contributed by atoms with Crippen LogP contribution in [0.4, 0.5) is 0 Å². The van der Waals surface area contributed by atoms with Crippen LogP contribution in [0.3, 0.4) is 0 Å². The molecule has 2 heterocycles. The Kier molecular flexibility index (Phi) is 7.76. The van der Waals surface area contributed by atoms with Crippen molar-refractivity contribution >= 4 is 45.0 Å². The number of halogens is 2. The molecule has 0 fully saturated rings. The van der Waals surface area contributed by atoms with Crippen LogP contribution in [-0.4, -0.2) is 24.2 Å². The Morgan fingerprint density at radius 3 is 2.29 bits per heavy atom. The third kappa shape index (κ3) is 6.26. The van der Waals surface area contributed by atoms with Crippen molar-refractivity contribution in [1.29, 1.82) is 0 Å². The van der Waals surface area contributed by atoms with Gasteiger partial charge in [-0.1, -0.05) is 48.8 Å². The lowest BCUT2D eigenvalue weighted by Crippen LogP contribution is -2.22. The SMILES string of the molecule is Cc1c(CNS(C)(=O)=O)c(C(C)C)c(Sc2cc(Cl)cc(Cl)c2)n1Cc1ccncc1. The highest BCUT2D eigenvalue weighted by Gasteiger charge is 2.24. The van der Waals surface area contributed by atoms with Gasteiger partial charge in [0.2, 0.25) is 10.0 Å². The second-order valence-electron chi connectivity index (χ2n) is 7.68. The van der Waals surface area contributed by atoms with E-state index in [-0.39, 0.29) is 12.5 Å². The minimum atomic E-state index is -3.32. The third-order valence-corrected chi connectivity index (χ3v) is 7.08. The zero-order chi connectivity index (χ0) is 22.8. The fourth-order valence-electron chi connectivity index (χ4n) is 3.48. The van der Waals surface area contributed by atoms with Gasteiger partial charge in [0.25, 0.3) is 0 Å². The van der Waals surface area contributed by atoms with E-state index in [2.05, 4.69) is 28.1 Å². The molecule has 0 radical (unpaired) electrons. The predicted molar refractivity (Wildman–Crippen MR) is 129 cm³/mol. The average Bonchev–Trinajstić information content (AvgIpc) is 2.91. The Morgan fingerprint density at radius 1 is 1.13 bits per heavy atom. The van der Waals surface area contributed by atoms with Crippen molar-refractivity contribution < 1.29 is 8.42 Å². The summed E-state index contributed by atoms with van der Waals surface area (Å²) in [5.74, 6) is 0.186. The Balaban J connectivity index is 2.15. The molecule has 0 atom stereocenters. The maximum atomic E-state index is 11.8. The maximum Gasteiger partial charge on any atom is 0.209 e. The summed E-state index contributed by atoms with van der Waals surface area (Å²) in [6, 6.07) is 9.44. The lowest BCUT2D eigenvalue weighted by molar-refractivity contribution is 0.587. The third-order valence-electron chi connectivity index (χ3n) is 4.87. The molecule has 0 saturated carbocycles. The summed E-state index contributed by atoms with van der Waals surface area (Å²) in [6.45, 7) is 7.14. The van der Waals surface area contributed by atoms with E-state index in [0.717, 1.165) is 32.3 Å². The number of rotatable bonds is 8. The van der Waals surface area contributed by atoms with Gasteiger partial charge in [-0.25, -0.2) is 13.1 Å². The van der Waals surface area contributed by atoms with Gasteiger partial charge in [0, 0.05) is 46.1 Å². The van der Waals surface area contributed by atoms with Gasteiger partial charge < -0.3 is 4.57 Å². The summed E-state index contributed by atoms with van der Waals surface area (Å²) in [5, 5.41) is 2.20. The molecule has 0 aliphatic rings. The van der Waals surface area contributed by atoms with Crippen molar-refractivity contribution in [1.82, 2.24) is 14.3 Å². The summed E-state index contributed by atoms with van der Waals surface area (Å²) in [4.78, 5) is 5.03. The monoisotopic (exact) mass is 497 g/mol. The highest BCUT2D eigenvalue weighted by atomic mass is 35.5. The van der Waals surface area contributed by atoms with Gasteiger partial charge in [-0.3, -0.25) is 4.98 Å². The Morgan fingerprint density at radius 2 is 1.74 bits per heavy atom. The van der Waals surface area contributed by atoms with E-state index in [0.29, 0.717) is 16.6 Å². The molecule has 2 aromatic heterocycles. The van der Waals surface area contributed by atoms with E-state index in [4.69, 9.17) is 23.2 Å². The summed E-state index contributed by atoms with van der Waals surface area (Å²) in [7, 11) is -3.32. The normalized spacial score (nSPS) is 12.0. The van der Waals surface area contributed by atoms with Crippen LogP contribution in [0.15, 0.2) is 52.6 Å². The average molecular weight is 499 g/mol. The highest BCUT2D eigenvalue weighted by Crippen LogP contribution is 2.41. The molecule has 3 rings (SSSR count). The lowest BCUT2D eigenvalue weighted by atomic mass is 10.0. The molecule has 166 valence electrons. The Hall–Kier alpha value is -1.51. The van der Waals surface area contributed by atoms with E-state index >= 15 is 0 Å². The standard InChI is InChI=1S/C22H25Cl2N3O2S2/c1-14(2)21-20(12-26-31(4,28)29)15(3)27(13-16-5-7-25-8-6-16)22(21)30-19-10-17(23)9-18(24)11-19/h5-11,14,26H,12-13H2,1-4H3. The predicted octanol–water partition coefficient (Wildman–Crippen LogP) is 5.87. The molecule has 5 nitrogen and oxygen atoms in total. The van der Waals surface area contributed by atoms with Crippen LogP contribution in [0.1, 0.15) is 42.1 Å². The van der Waals surface area contributed by atoms with Gasteiger partial charge in [0.05, 0.1) is 11.3 Å². The van der Waals surface area contributed by atoms with Gasteiger partial charge in [-0.15, -0.1) is 0 Å². The molecule has 0 amide bonds. The lowest BCUT2D eigenvalue weighted by Gasteiger charge is -2.15. The minimum absolute atomic E-state index is 0.186. The fraction of sp³-hybridized carbons (Fsp3) is 0.318. The summed E-state index contributed by atoms with van der Waals surface area (Å²) in [5.41, 5.74) is 4.23. The Bertz CT molecular complexity index is 1160. The van der Waals surface area contributed by atoms with Gasteiger partial charge in [-0.2, -0.15) is 0 Å². The van der Waals surface area contributed by atoms with Crippen LogP contribution in [0, 0.1) is 6.92 Å². The molecule has 0 saturated heterocycles. The van der Waals surface area contributed by atoms with E-state index in [1.54, 1.807) is 30.2 Å². The number of nitrogens with zero attached hydrogens (tertiary/aromatic N) is 2. The molecule has 1 N–H and O–H groups in total. The van der Waals surface area contributed by atoms with Gasteiger partial charge in [-0.05, 0) is 59.9 Å². The summed E-state index contributed by atoms with van der Waals surface area (Å²) < 4.78 is 28.5. The minimum Gasteiger partial charge on any atom is -0.335 e. The first-order valence-electron chi connectivity index (χ1n) is 9.74. The van der Waals surface area contributed by atoms with E-state index < -0.39 is 10.0 Å². The topological polar surface area (TPSA) is 64.0 Å². The van der Waals surface area contributed by atoms with Crippen molar-refractivity contribution in [3.05, 3.63) is 75.2 Å². The van der Waals surface area contributed by atoms with Crippen molar-refractivity contribution in [2.75, 3.05) is 6.26 Å². The van der Waals surface area contributed by atoms with Crippen molar-refractivity contribution in [3.8, 4) is 0 Å². The molecule has 3 aromatic rings. The molecule has 0 aliphatic heterocycles. The summed E-state index contributed by atoms with van der Waals surface area (Å²) in [6.07, 6.45) is 4.72. The molecule has 31 heavy (non-hydrogen) atoms. The van der Waals surface area contributed by atoms with Crippen LogP contribution in [-0.2, 0) is 23.1 Å². The number of nitrogens with one attached hydrogen (secondary N) is 1. The molecule has 0 bridgehead atoms. The molecule has 0 aliphatic carbocycles. The van der Waals surface area contributed by atoms with Crippen molar-refractivity contribution in [3.63, 3.8) is 0 Å². The highest BCUT2D eigenvalue weighted by molar-refractivity contribution is 7.99. The van der Waals surface area contributed by atoms with Gasteiger partial charge in [0.1, 0.15) is 0 Å². The van der Waals surface area contributed by atoms with E-state index in [9.17, 15) is 8.42 Å². The fourth-order valence-corrected chi connectivity index (χ4v) is 5.91. The molecular formula is C22H25Cl2N3O2S2. The van der Waals surface area contributed by atoms with E-state index in [1.807, 2.05) is 31.2 Å². The van der Waals surface area contributed by atoms with E-state index in [1.165, 1.54) is 6.26 Å².